The number of hydrogen-bond donors (Lipinski definition) is 4. The molecule has 0 saturated heterocycles. The van der Waals surface area contributed by atoms with Gasteiger partial charge in [0.15, 0.2) is 6.10 Å². The van der Waals surface area contributed by atoms with Gasteiger partial charge in [0.1, 0.15) is 25.4 Å². The maximum absolute atomic E-state index is 12.9. The first kappa shape index (κ1) is 93.5. The van der Waals surface area contributed by atoms with E-state index in [2.05, 4.69) is 118 Å². The van der Waals surface area contributed by atoms with Crippen LogP contribution in [0.5, 0.6) is 0 Å². The van der Waals surface area contributed by atoms with Gasteiger partial charge in [-0.3, -0.25) is 32.5 Å². The summed E-state index contributed by atoms with van der Waals surface area (Å²) in [5, 5.41) is 20.6. The Morgan fingerprint density at radius 3 is 0.887 bits per heavy atom. The molecule has 562 valence electrons. The molecule has 0 aliphatic heterocycles. The molecule has 0 aromatic heterocycles. The van der Waals surface area contributed by atoms with E-state index in [9.17, 15) is 43.5 Å². The third-order valence-electron chi connectivity index (χ3n) is 16.3. The minimum atomic E-state index is -4.92. The molecule has 0 aliphatic rings. The van der Waals surface area contributed by atoms with E-state index in [0.29, 0.717) is 19.3 Å². The Labute approximate surface area is 590 Å². The molecule has 18 heteroatoms. The van der Waals surface area contributed by atoms with Crippen LogP contribution in [0.1, 0.15) is 329 Å². The van der Waals surface area contributed by atoms with Crippen molar-refractivity contribution in [2.75, 3.05) is 39.6 Å². The van der Waals surface area contributed by atoms with Crippen LogP contribution in [0.2, 0.25) is 0 Å². The lowest BCUT2D eigenvalue weighted by molar-refractivity contribution is -0.161. The zero-order valence-corrected chi connectivity index (χ0v) is 63.0. The fourth-order valence-corrected chi connectivity index (χ4v) is 12.0. The van der Waals surface area contributed by atoms with E-state index in [1.54, 1.807) is 0 Å². The number of phosphoric ester groups is 2. The van der Waals surface area contributed by atoms with Gasteiger partial charge in [0, 0.05) is 19.3 Å². The Hall–Kier alpha value is -3.53. The molecule has 5 atom stereocenters. The first-order valence-electron chi connectivity index (χ1n) is 38.5. The summed E-state index contributed by atoms with van der Waals surface area (Å²) in [6.07, 6.45) is 81.7. The first-order valence-corrected chi connectivity index (χ1v) is 41.5. The van der Waals surface area contributed by atoms with Gasteiger partial charge >= 0.3 is 33.6 Å². The van der Waals surface area contributed by atoms with Gasteiger partial charge < -0.3 is 34.2 Å². The van der Waals surface area contributed by atoms with Crippen molar-refractivity contribution in [3.8, 4) is 0 Å². The van der Waals surface area contributed by atoms with Crippen molar-refractivity contribution in [1.29, 1.82) is 0 Å². The minimum absolute atomic E-state index is 0.106. The largest absolute Gasteiger partial charge is 0.472 e. The molecule has 16 nitrogen and oxygen atoms in total. The highest BCUT2D eigenvalue weighted by molar-refractivity contribution is 7.47. The number of aliphatic hydroxyl groups excluding tert-OH is 2. The number of unbranched alkanes of at least 4 members (excludes halogenated alkanes) is 34. The average Bonchev–Trinajstić information content (AvgIpc) is 1.84. The fraction of sp³-hybridized carbons (Fsp3) is 0.759. The number of aliphatic hydroxyl groups is 2. The molecule has 0 heterocycles. The number of hydrogen-bond acceptors (Lipinski definition) is 14. The molecule has 0 rings (SSSR count). The SMILES string of the molecule is CC/C=C\C/C=C\C/C=C\C/C=C\C/C=C\C/C=C\CCCCCCCCCCCCCCC(=O)OCC(O)COP(=O)(O)OCC(O)COP(=O)(O)OCC(COC(=O)CCCCCCC/C=C\C/C=C\CCCCC)OC(=O)CCCCCCCCCCCCCCCCC. The molecule has 0 aliphatic carbocycles. The van der Waals surface area contributed by atoms with Gasteiger partial charge in [-0.25, -0.2) is 9.13 Å². The van der Waals surface area contributed by atoms with Gasteiger partial charge in [0.05, 0.1) is 26.4 Å². The van der Waals surface area contributed by atoms with Crippen LogP contribution in [0.25, 0.3) is 0 Å². The van der Waals surface area contributed by atoms with Gasteiger partial charge in [-0.15, -0.1) is 0 Å². The molecule has 4 N–H and O–H groups in total. The van der Waals surface area contributed by atoms with E-state index in [0.717, 1.165) is 135 Å². The van der Waals surface area contributed by atoms with E-state index in [1.807, 2.05) is 0 Å². The lowest BCUT2D eigenvalue weighted by Gasteiger charge is -2.21. The van der Waals surface area contributed by atoms with Crippen LogP contribution in [0.15, 0.2) is 97.2 Å². The van der Waals surface area contributed by atoms with Gasteiger partial charge in [0.2, 0.25) is 0 Å². The number of allylic oxidation sites excluding steroid dienone is 16. The predicted octanol–water partition coefficient (Wildman–Crippen LogP) is 22.2. The summed E-state index contributed by atoms with van der Waals surface area (Å²) >= 11 is 0. The highest BCUT2D eigenvalue weighted by atomic mass is 31.2. The van der Waals surface area contributed by atoms with Crippen LogP contribution in [-0.2, 0) is 55.8 Å². The van der Waals surface area contributed by atoms with Gasteiger partial charge in [-0.05, 0) is 103 Å². The van der Waals surface area contributed by atoms with Crippen LogP contribution >= 0.6 is 15.6 Å². The molecule has 0 radical (unpaired) electrons. The third kappa shape index (κ3) is 73.5. The monoisotopic (exact) mass is 1410 g/mol. The molecule has 0 fully saturated rings. The molecule has 0 bridgehead atoms. The maximum Gasteiger partial charge on any atom is 0.472 e. The summed E-state index contributed by atoms with van der Waals surface area (Å²) in [4.78, 5) is 58.5. The fourth-order valence-electron chi connectivity index (χ4n) is 10.4. The van der Waals surface area contributed by atoms with E-state index >= 15 is 0 Å². The second kappa shape index (κ2) is 72.3. The van der Waals surface area contributed by atoms with Gasteiger partial charge in [-0.1, -0.05) is 304 Å². The van der Waals surface area contributed by atoms with E-state index < -0.39 is 91.5 Å². The van der Waals surface area contributed by atoms with Crippen LogP contribution in [0.4, 0.5) is 0 Å². The number of phosphoric acid groups is 2. The molecule has 5 unspecified atom stereocenters. The lowest BCUT2D eigenvalue weighted by Crippen LogP contribution is -2.30. The lowest BCUT2D eigenvalue weighted by atomic mass is 10.0. The number of carbonyl (C=O) groups is 3. The average molecular weight is 1410 g/mol. The molecule has 0 aromatic carbocycles. The number of carbonyl (C=O) groups excluding carboxylic acids is 3. The molecular weight excluding hydrogens is 1270 g/mol. The Balaban J connectivity index is 4.44. The van der Waals surface area contributed by atoms with Crippen molar-refractivity contribution in [1.82, 2.24) is 0 Å². The molecule has 97 heavy (non-hydrogen) atoms. The van der Waals surface area contributed by atoms with Crippen molar-refractivity contribution in [3.05, 3.63) is 97.2 Å². The van der Waals surface area contributed by atoms with Crippen molar-refractivity contribution in [2.24, 2.45) is 0 Å². The first-order chi connectivity index (χ1) is 47.2. The molecule has 0 spiro atoms. The van der Waals surface area contributed by atoms with Crippen LogP contribution in [0, 0.1) is 0 Å². The smallest absolute Gasteiger partial charge is 0.463 e. The Kier molecular flexibility index (Phi) is 69.6. The predicted molar refractivity (Wildman–Crippen MR) is 399 cm³/mol. The summed E-state index contributed by atoms with van der Waals surface area (Å²) in [6, 6.07) is 0. The molecule has 0 saturated carbocycles. The highest BCUT2D eigenvalue weighted by Crippen LogP contribution is 2.45. The summed E-state index contributed by atoms with van der Waals surface area (Å²) in [6.45, 7) is 2.56. The Bertz CT molecular complexity index is 2150. The second-order valence-corrected chi connectivity index (χ2v) is 28.7. The van der Waals surface area contributed by atoms with Crippen LogP contribution < -0.4 is 0 Å². The number of ether oxygens (including phenoxy) is 3. The third-order valence-corrected chi connectivity index (χ3v) is 18.2. The zero-order chi connectivity index (χ0) is 70.9. The normalized spacial score (nSPS) is 14.6. The van der Waals surface area contributed by atoms with Gasteiger partial charge in [0.25, 0.3) is 0 Å². The Morgan fingerprint density at radius 2 is 0.546 bits per heavy atom. The van der Waals surface area contributed by atoms with E-state index in [-0.39, 0.29) is 19.3 Å². The van der Waals surface area contributed by atoms with Crippen molar-refractivity contribution in [2.45, 2.75) is 347 Å². The van der Waals surface area contributed by atoms with Crippen LogP contribution in [-0.4, -0.2) is 95.9 Å². The maximum atomic E-state index is 12.9. The van der Waals surface area contributed by atoms with Crippen molar-refractivity contribution < 1.29 is 75.8 Å². The van der Waals surface area contributed by atoms with E-state index in [1.165, 1.54) is 135 Å². The summed E-state index contributed by atoms with van der Waals surface area (Å²) in [7, 11) is -9.78. The Morgan fingerprint density at radius 1 is 0.299 bits per heavy atom. The summed E-state index contributed by atoms with van der Waals surface area (Å²) in [5.41, 5.74) is 0. The zero-order valence-electron chi connectivity index (χ0n) is 61.2. The number of esters is 3. The second-order valence-electron chi connectivity index (χ2n) is 25.8. The molecule has 0 amide bonds. The van der Waals surface area contributed by atoms with Crippen LogP contribution in [0.3, 0.4) is 0 Å². The van der Waals surface area contributed by atoms with E-state index in [4.69, 9.17) is 32.3 Å². The summed E-state index contributed by atoms with van der Waals surface area (Å²) < 4.78 is 61.0. The van der Waals surface area contributed by atoms with Crippen molar-refractivity contribution >= 4 is 33.6 Å². The van der Waals surface area contributed by atoms with Gasteiger partial charge in [-0.2, -0.15) is 0 Å². The molecule has 0 aromatic rings. The molecular formula is C79H140O16P2. The highest BCUT2D eigenvalue weighted by Gasteiger charge is 2.29. The van der Waals surface area contributed by atoms with Crippen molar-refractivity contribution in [3.63, 3.8) is 0 Å². The standard InChI is InChI=1S/C79H140O16P2/c1-4-7-10-13-16-19-22-25-28-29-30-31-32-33-34-35-36-37-38-39-40-41-42-43-46-48-50-53-56-59-62-65-77(82)89-68-74(80)69-91-96(85,86)92-70-75(81)71-93-97(87,88)94-73-76(95-79(84)67-64-61-58-55-52-49-45-27-24-21-18-15-12-9-6-3)72-90-78(83)66-63-60-57-54-51-47-44-26-23-20-17-14-11-8-5-2/h7,10,16-17,19-20,25-26,28,30-31,33-34,36-37,44,74-76,80-81H,4-6,8-9,11-15,18,21-24,27,29,32,35,38-43,45-73H2,1-3H3,(H,85,86)(H,87,88)/b10-7-,19-16-,20-17-,28-25-,31-30-,34-33-,37-36-,44-26-. The minimum Gasteiger partial charge on any atom is -0.463 e. The quantitative estimate of drug-likeness (QED) is 0.0146. The number of rotatable bonds is 73. The topological polar surface area (TPSA) is 231 Å². The summed E-state index contributed by atoms with van der Waals surface area (Å²) in [5.74, 6) is -1.58.